The molecule has 1 aromatic heterocycles. The van der Waals surface area contributed by atoms with Crippen LogP contribution in [0.2, 0.25) is 0 Å². The lowest BCUT2D eigenvalue weighted by molar-refractivity contribution is -0.131. The van der Waals surface area contributed by atoms with E-state index in [1.807, 2.05) is 35.7 Å². The first-order valence-corrected chi connectivity index (χ1v) is 7.18. The molecule has 1 aromatic carbocycles. The van der Waals surface area contributed by atoms with Crippen LogP contribution in [0.4, 0.5) is 0 Å². The lowest BCUT2D eigenvalue weighted by atomic mass is 10.2. The quantitative estimate of drug-likeness (QED) is 0.831. The molecule has 0 saturated heterocycles. The summed E-state index contributed by atoms with van der Waals surface area (Å²) < 4.78 is 6.49. The van der Waals surface area contributed by atoms with Crippen LogP contribution in [0.3, 0.4) is 0 Å². The van der Waals surface area contributed by atoms with Crippen LogP contribution in [0.25, 0.3) is 6.08 Å². The topological polar surface area (TPSA) is 46.5 Å². The average Bonchev–Trinajstić information content (AvgIpc) is 2.88. The zero-order chi connectivity index (χ0) is 13.7. The maximum atomic E-state index is 10.4. The van der Waals surface area contributed by atoms with E-state index in [0.717, 1.165) is 26.7 Å². The van der Waals surface area contributed by atoms with Gasteiger partial charge in [0.1, 0.15) is 12.4 Å². The number of hydrogen-bond acceptors (Lipinski definition) is 3. The molecule has 0 bridgehead atoms. The molecule has 0 spiro atoms. The summed E-state index contributed by atoms with van der Waals surface area (Å²) in [7, 11) is 0. The third-order valence-corrected chi connectivity index (χ3v) is 3.79. The highest BCUT2D eigenvalue weighted by atomic mass is 79.9. The van der Waals surface area contributed by atoms with Crippen molar-refractivity contribution in [3.8, 4) is 5.75 Å². The maximum absolute atomic E-state index is 10.4. The molecule has 2 rings (SSSR count). The first kappa shape index (κ1) is 13.8. The molecule has 19 heavy (non-hydrogen) atoms. The van der Waals surface area contributed by atoms with E-state index in [2.05, 4.69) is 15.9 Å². The van der Waals surface area contributed by atoms with Crippen molar-refractivity contribution in [1.29, 1.82) is 0 Å². The Morgan fingerprint density at radius 1 is 1.42 bits per heavy atom. The number of thiophene rings is 1. The average molecular weight is 339 g/mol. The van der Waals surface area contributed by atoms with Crippen LogP contribution in [0.1, 0.15) is 10.4 Å². The fourth-order valence-corrected chi connectivity index (χ4v) is 2.58. The van der Waals surface area contributed by atoms with E-state index in [9.17, 15) is 4.79 Å². The Hall–Kier alpha value is -1.59. The van der Waals surface area contributed by atoms with Gasteiger partial charge in [-0.25, -0.2) is 4.79 Å². The van der Waals surface area contributed by atoms with E-state index in [-0.39, 0.29) is 0 Å². The van der Waals surface area contributed by atoms with Gasteiger partial charge in [-0.05, 0) is 51.1 Å². The summed E-state index contributed by atoms with van der Waals surface area (Å²) in [5.74, 6) is -0.227. The minimum absolute atomic E-state index is 0.528. The summed E-state index contributed by atoms with van der Waals surface area (Å²) in [4.78, 5) is 11.6. The van der Waals surface area contributed by atoms with Crippen molar-refractivity contribution >= 4 is 39.3 Å². The molecule has 0 radical (unpaired) electrons. The smallest absolute Gasteiger partial charge is 0.328 e. The third-order valence-electron chi connectivity index (χ3n) is 2.32. The molecule has 5 heteroatoms. The second kappa shape index (κ2) is 6.54. The van der Waals surface area contributed by atoms with Gasteiger partial charge in [0, 0.05) is 11.0 Å². The Kier molecular flexibility index (Phi) is 4.76. The first-order chi connectivity index (χ1) is 9.15. The molecule has 2 aromatic rings. The number of ether oxygens (including phenoxy) is 1. The summed E-state index contributed by atoms with van der Waals surface area (Å²) >= 11 is 5.06. The van der Waals surface area contributed by atoms with Crippen LogP contribution in [0.5, 0.6) is 5.75 Å². The van der Waals surface area contributed by atoms with Crippen LogP contribution in [-0.2, 0) is 11.4 Å². The third kappa shape index (κ3) is 4.22. The summed E-state index contributed by atoms with van der Waals surface area (Å²) in [6, 6.07) is 9.46. The number of hydrogen-bond donors (Lipinski definition) is 1. The van der Waals surface area contributed by atoms with Gasteiger partial charge in [0.05, 0.1) is 4.47 Å². The molecule has 0 fully saturated rings. The molecule has 0 saturated carbocycles. The minimum atomic E-state index is -0.964. The number of benzene rings is 1. The van der Waals surface area contributed by atoms with Crippen molar-refractivity contribution in [2.45, 2.75) is 6.61 Å². The number of rotatable bonds is 5. The number of carboxylic acids is 1. The molecule has 1 heterocycles. The van der Waals surface area contributed by atoms with E-state index in [1.54, 1.807) is 11.3 Å². The van der Waals surface area contributed by atoms with E-state index < -0.39 is 5.97 Å². The highest BCUT2D eigenvalue weighted by Crippen LogP contribution is 2.27. The van der Waals surface area contributed by atoms with Crippen LogP contribution in [0, 0.1) is 0 Å². The molecule has 0 unspecified atom stereocenters. The molecular formula is C14H11BrO3S. The van der Waals surface area contributed by atoms with Crippen molar-refractivity contribution in [2.24, 2.45) is 0 Å². The summed E-state index contributed by atoms with van der Waals surface area (Å²) in [5, 5.41) is 10.6. The lowest BCUT2D eigenvalue weighted by Gasteiger charge is -2.07. The molecule has 3 nitrogen and oxygen atoms in total. The molecule has 0 aliphatic rings. The van der Waals surface area contributed by atoms with Gasteiger partial charge in [-0.2, -0.15) is 0 Å². The van der Waals surface area contributed by atoms with E-state index in [0.29, 0.717) is 6.61 Å². The molecule has 1 N–H and O–H groups in total. The summed E-state index contributed by atoms with van der Waals surface area (Å²) in [6.07, 6.45) is 2.64. The predicted octanol–water partition coefficient (Wildman–Crippen LogP) is 4.19. The largest absolute Gasteiger partial charge is 0.487 e. The van der Waals surface area contributed by atoms with E-state index in [1.165, 1.54) is 6.08 Å². The van der Waals surface area contributed by atoms with Gasteiger partial charge < -0.3 is 9.84 Å². The standard InChI is InChI=1S/C14H11BrO3S/c15-12-8-10(4-6-14(16)17)3-5-13(12)18-9-11-2-1-7-19-11/h1-8H,9H2,(H,16,17). The number of aliphatic carboxylic acids is 1. The lowest BCUT2D eigenvalue weighted by Crippen LogP contribution is -1.93. The Balaban J connectivity index is 2.04. The maximum Gasteiger partial charge on any atom is 0.328 e. The number of carboxylic acid groups (broad SMARTS) is 1. The highest BCUT2D eigenvalue weighted by molar-refractivity contribution is 9.10. The SMILES string of the molecule is O=C(O)C=Cc1ccc(OCc2cccs2)c(Br)c1. The van der Waals surface area contributed by atoms with Crippen molar-refractivity contribution < 1.29 is 14.6 Å². The van der Waals surface area contributed by atoms with Gasteiger partial charge in [-0.15, -0.1) is 11.3 Å². The monoisotopic (exact) mass is 338 g/mol. The van der Waals surface area contributed by atoms with E-state index >= 15 is 0 Å². The fraction of sp³-hybridized carbons (Fsp3) is 0.0714. The van der Waals surface area contributed by atoms with Crippen LogP contribution < -0.4 is 4.74 Å². The molecule has 0 aliphatic carbocycles. The second-order valence-electron chi connectivity index (χ2n) is 3.73. The number of carbonyl (C=O) groups is 1. The van der Waals surface area contributed by atoms with Gasteiger partial charge in [-0.3, -0.25) is 0 Å². The minimum Gasteiger partial charge on any atom is -0.487 e. The van der Waals surface area contributed by atoms with Gasteiger partial charge >= 0.3 is 5.97 Å². The first-order valence-electron chi connectivity index (χ1n) is 5.51. The molecule has 0 atom stereocenters. The molecular weight excluding hydrogens is 328 g/mol. The molecule has 0 amide bonds. The van der Waals surface area contributed by atoms with Crippen molar-refractivity contribution in [3.63, 3.8) is 0 Å². The summed E-state index contributed by atoms with van der Waals surface area (Å²) in [5.41, 5.74) is 0.803. The van der Waals surface area contributed by atoms with Gasteiger partial charge in [-0.1, -0.05) is 12.1 Å². The van der Waals surface area contributed by atoms with Gasteiger partial charge in [0.2, 0.25) is 0 Å². The van der Waals surface area contributed by atoms with Crippen molar-refractivity contribution in [2.75, 3.05) is 0 Å². The van der Waals surface area contributed by atoms with Crippen molar-refractivity contribution in [3.05, 3.63) is 56.7 Å². The number of halogens is 1. The van der Waals surface area contributed by atoms with E-state index in [4.69, 9.17) is 9.84 Å². The van der Waals surface area contributed by atoms with Gasteiger partial charge in [0.25, 0.3) is 0 Å². The predicted molar refractivity (Wildman–Crippen MR) is 79.5 cm³/mol. The second-order valence-corrected chi connectivity index (χ2v) is 5.62. The normalized spacial score (nSPS) is 10.8. The fourth-order valence-electron chi connectivity index (χ4n) is 1.45. The highest BCUT2D eigenvalue weighted by Gasteiger charge is 2.03. The van der Waals surface area contributed by atoms with Crippen LogP contribution >= 0.6 is 27.3 Å². The zero-order valence-electron chi connectivity index (χ0n) is 9.88. The Morgan fingerprint density at radius 3 is 2.89 bits per heavy atom. The Bertz CT molecular complexity index is 591. The van der Waals surface area contributed by atoms with Gasteiger partial charge in [0.15, 0.2) is 0 Å². The Morgan fingerprint density at radius 2 is 2.26 bits per heavy atom. The molecule has 98 valence electrons. The van der Waals surface area contributed by atoms with Crippen LogP contribution in [-0.4, -0.2) is 11.1 Å². The Labute approximate surface area is 123 Å². The zero-order valence-corrected chi connectivity index (χ0v) is 12.3. The molecule has 0 aliphatic heterocycles. The van der Waals surface area contributed by atoms with Crippen molar-refractivity contribution in [1.82, 2.24) is 0 Å². The summed E-state index contributed by atoms with van der Waals surface area (Å²) in [6.45, 7) is 0.528. The van der Waals surface area contributed by atoms with Crippen LogP contribution in [0.15, 0.2) is 46.3 Å².